The van der Waals surface area contributed by atoms with Crippen molar-refractivity contribution in [1.82, 2.24) is 9.97 Å². The monoisotopic (exact) mass is 645 g/mol. The number of aromatic nitrogens is 2. The third-order valence-electron chi connectivity index (χ3n) is 4.90. The van der Waals surface area contributed by atoms with Crippen molar-refractivity contribution in [3.05, 3.63) is 133 Å². The van der Waals surface area contributed by atoms with Crippen LogP contribution in [-0.2, 0) is 26.3 Å². The van der Waals surface area contributed by atoms with Crippen molar-refractivity contribution in [2.45, 2.75) is 6.18 Å². The summed E-state index contributed by atoms with van der Waals surface area (Å²) in [5.74, 6) is 0. The quantitative estimate of drug-likeness (QED) is 0.188. The molecule has 0 aliphatic carbocycles. The van der Waals surface area contributed by atoms with Crippen LogP contribution >= 0.6 is 0 Å². The van der Waals surface area contributed by atoms with Crippen LogP contribution in [0.5, 0.6) is 0 Å². The molecule has 0 aliphatic heterocycles. The van der Waals surface area contributed by atoms with E-state index in [1.54, 1.807) is 24.5 Å². The van der Waals surface area contributed by atoms with Crippen LogP contribution in [0.15, 0.2) is 116 Å². The van der Waals surface area contributed by atoms with Crippen LogP contribution < -0.4 is 0 Å². The number of hydrogen-bond donors (Lipinski definition) is 0. The summed E-state index contributed by atoms with van der Waals surface area (Å²) in [5, 5.41) is 0. The average molecular weight is 645 g/mol. The first kappa shape index (κ1) is 26.0. The standard InChI is InChI=1S/C18H11F3N.C11H8N.Ir/c19-18(20,21)15-9-4-8-14(12-15)17-16(10-5-11-22-17)13-6-2-1-3-7-13;1-2-6-10(7-3-1)11-8-4-5-9-12-11;/h1-11H;1-6,8-9H;/q2*-1;. The van der Waals surface area contributed by atoms with Gasteiger partial charge in [-0.25, -0.2) is 0 Å². The Morgan fingerprint density at radius 3 is 2.03 bits per heavy atom. The Kier molecular flexibility index (Phi) is 9.07. The van der Waals surface area contributed by atoms with Gasteiger partial charge in [0.15, 0.2) is 0 Å². The van der Waals surface area contributed by atoms with Crippen molar-refractivity contribution < 1.29 is 33.3 Å². The molecule has 35 heavy (non-hydrogen) atoms. The van der Waals surface area contributed by atoms with E-state index in [0.717, 1.165) is 28.5 Å². The summed E-state index contributed by atoms with van der Waals surface area (Å²) in [5.41, 5.74) is 3.70. The molecular weight excluding hydrogens is 626 g/mol. The van der Waals surface area contributed by atoms with Gasteiger partial charge in [0, 0.05) is 32.5 Å². The Bertz CT molecular complexity index is 1290. The fraction of sp³-hybridized carbons (Fsp3) is 0.0345. The van der Waals surface area contributed by atoms with E-state index >= 15 is 0 Å². The number of nitrogens with zero attached hydrogens (tertiary/aromatic N) is 2. The smallest absolute Gasteiger partial charge is 0.305 e. The van der Waals surface area contributed by atoms with Gasteiger partial charge in [-0.1, -0.05) is 48.5 Å². The second-order valence-electron chi connectivity index (χ2n) is 7.23. The largest absolute Gasteiger partial charge is 0.399 e. The Morgan fingerprint density at radius 1 is 0.629 bits per heavy atom. The van der Waals surface area contributed by atoms with Gasteiger partial charge in [0.2, 0.25) is 0 Å². The second kappa shape index (κ2) is 12.2. The SMILES string of the molecule is FC(F)(F)c1[c-]c(-c2ncccc2-c2ccccc2)ccc1.[Ir].[c-]1ccccc1-c1ccccn1. The number of rotatable bonds is 3. The molecule has 0 N–H and O–H groups in total. The van der Waals surface area contributed by atoms with E-state index in [0.29, 0.717) is 11.3 Å². The molecule has 0 fully saturated rings. The number of benzene rings is 3. The number of alkyl halides is 3. The van der Waals surface area contributed by atoms with E-state index in [1.165, 1.54) is 6.07 Å². The maximum atomic E-state index is 12.9. The molecular formula is C29H19F3IrN2-2. The minimum atomic E-state index is -4.42. The molecule has 2 heterocycles. The number of halogens is 3. The molecule has 6 heteroatoms. The molecule has 0 aliphatic rings. The molecule has 0 atom stereocenters. The van der Waals surface area contributed by atoms with Crippen molar-refractivity contribution in [3.8, 4) is 33.6 Å². The molecule has 0 unspecified atom stereocenters. The van der Waals surface area contributed by atoms with Crippen LogP contribution in [0.2, 0.25) is 0 Å². The predicted molar refractivity (Wildman–Crippen MR) is 127 cm³/mol. The minimum absolute atomic E-state index is 0. The van der Waals surface area contributed by atoms with Crippen molar-refractivity contribution in [1.29, 1.82) is 0 Å². The third-order valence-corrected chi connectivity index (χ3v) is 4.90. The van der Waals surface area contributed by atoms with E-state index in [2.05, 4.69) is 22.1 Å². The molecule has 1 radical (unpaired) electrons. The summed E-state index contributed by atoms with van der Waals surface area (Å²) in [7, 11) is 0. The van der Waals surface area contributed by atoms with Crippen LogP contribution in [0.25, 0.3) is 33.6 Å². The Labute approximate surface area is 215 Å². The van der Waals surface area contributed by atoms with Gasteiger partial charge in [-0.15, -0.1) is 65.7 Å². The van der Waals surface area contributed by atoms with Gasteiger partial charge in [0.05, 0.1) is 0 Å². The first-order chi connectivity index (χ1) is 16.5. The van der Waals surface area contributed by atoms with Crippen LogP contribution in [-0.4, -0.2) is 9.97 Å². The maximum Gasteiger partial charge on any atom is 0.399 e. The topological polar surface area (TPSA) is 25.8 Å². The molecule has 0 bridgehead atoms. The zero-order chi connectivity index (χ0) is 23.8. The van der Waals surface area contributed by atoms with Crippen LogP contribution in [0.4, 0.5) is 13.2 Å². The Morgan fingerprint density at radius 2 is 1.34 bits per heavy atom. The van der Waals surface area contributed by atoms with Crippen LogP contribution in [0, 0.1) is 12.1 Å². The second-order valence-corrected chi connectivity index (χ2v) is 7.23. The molecule has 177 valence electrons. The van der Waals surface area contributed by atoms with Crippen molar-refractivity contribution in [2.75, 3.05) is 0 Å². The third kappa shape index (κ3) is 6.95. The van der Waals surface area contributed by atoms with E-state index in [9.17, 15) is 13.2 Å². The Balaban J connectivity index is 0.000000223. The van der Waals surface area contributed by atoms with Crippen molar-refractivity contribution in [3.63, 3.8) is 0 Å². The van der Waals surface area contributed by atoms with E-state index in [1.807, 2.05) is 78.9 Å². The first-order valence-corrected chi connectivity index (χ1v) is 10.5. The van der Waals surface area contributed by atoms with Gasteiger partial charge < -0.3 is 9.97 Å². The molecule has 2 aromatic heterocycles. The fourth-order valence-corrected chi connectivity index (χ4v) is 3.32. The average Bonchev–Trinajstić information content (AvgIpc) is 2.90. The maximum absolute atomic E-state index is 12.9. The summed E-state index contributed by atoms with van der Waals surface area (Å²) in [6.45, 7) is 0. The number of pyridine rings is 2. The van der Waals surface area contributed by atoms with E-state index in [4.69, 9.17) is 0 Å². The van der Waals surface area contributed by atoms with Gasteiger partial charge >= 0.3 is 6.18 Å². The zero-order valence-corrected chi connectivity index (χ0v) is 20.7. The zero-order valence-electron chi connectivity index (χ0n) is 18.3. The fourth-order valence-electron chi connectivity index (χ4n) is 3.32. The molecule has 5 aromatic rings. The minimum Gasteiger partial charge on any atom is -0.305 e. The molecule has 3 aromatic carbocycles. The first-order valence-electron chi connectivity index (χ1n) is 10.5. The van der Waals surface area contributed by atoms with Gasteiger partial charge in [-0.05, 0) is 40.2 Å². The van der Waals surface area contributed by atoms with Crippen molar-refractivity contribution in [2.24, 2.45) is 0 Å². The summed E-state index contributed by atoms with van der Waals surface area (Å²) in [4.78, 5) is 8.47. The van der Waals surface area contributed by atoms with Gasteiger partial charge in [-0.3, -0.25) is 0 Å². The molecule has 5 rings (SSSR count). The van der Waals surface area contributed by atoms with Crippen molar-refractivity contribution >= 4 is 0 Å². The summed E-state index contributed by atoms with van der Waals surface area (Å²) < 4.78 is 38.6. The normalized spacial score (nSPS) is 10.5. The number of hydrogen-bond acceptors (Lipinski definition) is 2. The van der Waals surface area contributed by atoms with E-state index in [-0.39, 0.29) is 20.1 Å². The van der Waals surface area contributed by atoms with E-state index < -0.39 is 11.7 Å². The van der Waals surface area contributed by atoms with Crippen LogP contribution in [0.3, 0.4) is 0 Å². The molecule has 0 saturated carbocycles. The molecule has 0 amide bonds. The predicted octanol–water partition coefficient (Wildman–Crippen LogP) is 7.78. The molecule has 0 saturated heterocycles. The summed E-state index contributed by atoms with van der Waals surface area (Å²) in [6, 6.07) is 36.2. The molecule has 0 spiro atoms. The Hall–Kier alpha value is -3.60. The van der Waals surface area contributed by atoms with Gasteiger partial charge in [0.25, 0.3) is 0 Å². The van der Waals surface area contributed by atoms with Gasteiger partial charge in [0.1, 0.15) is 0 Å². The molecule has 2 nitrogen and oxygen atoms in total. The summed E-state index contributed by atoms with van der Waals surface area (Å²) >= 11 is 0. The van der Waals surface area contributed by atoms with Crippen LogP contribution in [0.1, 0.15) is 5.56 Å². The van der Waals surface area contributed by atoms with Gasteiger partial charge in [-0.2, -0.15) is 13.2 Å². The summed E-state index contributed by atoms with van der Waals surface area (Å²) in [6.07, 6.45) is -1.07.